The quantitative estimate of drug-likeness (QED) is 0.861. The third-order valence-electron chi connectivity index (χ3n) is 5.21. The Kier molecular flexibility index (Phi) is 5.09. The number of aromatic nitrogens is 1. The van der Waals surface area contributed by atoms with Crippen LogP contribution in [0.1, 0.15) is 15.9 Å². The smallest absolute Gasteiger partial charge is 0.322 e. The van der Waals surface area contributed by atoms with E-state index in [9.17, 15) is 9.59 Å². The number of piperazine rings is 1. The van der Waals surface area contributed by atoms with Crippen LogP contribution < -0.4 is 15.1 Å². The molecule has 1 aromatic carbocycles. The molecule has 0 spiro atoms. The molecule has 3 amide bonds. The van der Waals surface area contributed by atoms with Gasteiger partial charge in [0.05, 0.1) is 5.02 Å². The van der Waals surface area contributed by atoms with Gasteiger partial charge in [0.25, 0.3) is 5.91 Å². The minimum Gasteiger partial charge on any atom is -0.352 e. The fraction of sp³-hybridized carbons (Fsp3) is 0.350. The van der Waals surface area contributed by atoms with Crippen LogP contribution in [0.5, 0.6) is 0 Å². The van der Waals surface area contributed by atoms with Crippen LogP contribution in [0.25, 0.3) is 0 Å². The number of benzene rings is 1. The number of hydrogen-bond acceptors (Lipinski definition) is 4. The average molecular weight is 400 g/mol. The number of halogens is 1. The highest BCUT2D eigenvalue weighted by atomic mass is 35.5. The summed E-state index contributed by atoms with van der Waals surface area (Å²) in [6.45, 7) is 5.73. The van der Waals surface area contributed by atoms with Gasteiger partial charge in [0.2, 0.25) is 0 Å². The molecule has 146 valence electrons. The molecule has 3 heterocycles. The Balaban J connectivity index is 1.47. The number of amides is 3. The number of nitrogens with zero attached hydrogens (tertiary/aromatic N) is 4. The fourth-order valence-electron chi connectivity index (χ4n) is 3.65. The number of aryl methyl sites for hydroxylation is 1. The van der Waals surface area contributed by atoms with Gasteiger partial charge in [0.1, 0.15) is 5.82 Å². The fourth-order valence-corrected chi connectivity index (χ4v) is 3.89. The first-order valence-corrected chi connectivity index (χ1v) is 9.73. The maximum Gasteiger partial charge on any atom is 0.322 e. The molecule has 2 fully saturated rings. The molecule has 8 heteroatoms. The number of pyridine rings is 1. The number of carbonyl (C=O) groups excluding carboxylic acids is 2. The minimum atomic E-state index is -0.117. The first-order valence-electron chi connectivity index (χ1n) is 9.35. The lowest BCUT2D eigenvalue weighted by Crippen LogP contribution is -2.49. The number of rotatable bonds is 3. The highest BCUT2D eigenvalue weighted by Crippen LogP contribution is 2.26. The zero-order chi connectivity index (χ0) is 19.7. The molecule has 1 aromatic heterocycles. The minimum absolute atomic E-state index is 0.0207. The van der Waals surface area contributed by atoms with Crippen LogP contribution in [0.4, 0.5) is 16.3 Å². The van der Waals surface area contributed by atoms with Gasteiger partial charge in [-0.15, -0.1) is 0 Å². The van der Waals surface area contributed by atoms with Crippen LogP contribution in [-0.4, -0.2) is 61.1 Å². The van der Waals surface area contributed by atoms with Gasteiger partial charge in [-0.25, -0.2) is 9.78 Å². The molecule has 0 aliphatic carbocycles. The molecular formula is C20H22ClN5O2. The molecule has 0 radical (unpaired) electrons. The molecule has 2 aliphatic heterocycles. The van der Waals surface area contributed by atoms with Crippen LogP contribution in [-0.2, 0) is 0 Å². The van der Waals surface area contributed by atoms with E-state index in [1.165, 1.54) is 0 Å². The summed E-state index contributed by atoms with van der Waals surface area (Å²) in [6, 6.07) is 9.07. The molecule has 28 heavy (non-hydrogen) atoms. The summed E-state index contributed by atoms with van der Waals surface area (Å²) in [5.74, 6) is 0.738. The van der Waals surface area contributed by atoms with Crippen molar-refractivity contribution in [1.29, 1.82) is 0 Å². The van der Waals surface area contributed by atoms with E-state index >= 15 is 0 Å². The third-order valence-corrected chi connectivity index (χ3v) is 5.50. The molecule has 0 saturated carbocycles. The van der Waals surface area contributed by atoms with Crippen molar-refractivity contribution in [2.24, 2.45) is 0 Å². The lowest BCUT2D eigenvalue weighted by Gasteiger charge is -2.35. The topological polar surface area (TPSA) is 68.8 Å². The molecule has 0 unspecified atom stereocenters. The zero-order valence-corrected chi connectivity index (χ0v) is 16.4. The number of anilines is 2. The van der Waals surface area contributed by atoms with Gasteiger partial charge < -0.3 is 15.1 Å². The standard InChI is InChI=1S/C20H22ClN5O2/c1-14-4-5-15(13-17(14)26-8-7-23-20(26)28)19(27)25-11-9-24(10-12-25)18-16(21)3-2-6-22-18/h2-6,13H,7-12H2,1H3,(H,23,28). The lowest BCUT2D eigenvalue weighted by molar-refractivity contribution is 0.0746. The first kappa shape index (κ1) is 18.6. The molecule has 2 saturated heterocycles. The Bertz CT molecular complexity index is 911. The second-order valence-corrected chi connectivity index (χ2v) is 7.38. The summed E-state index contributed by atoms with van der Waals surface area (Å²) in [7, 11) is 0. The normalized spacial score (nSPS) is 17.1. The molecule has 7 nitrogen and oxygen atoms in total. The van der Waals surface area contributed by atoms with E-state index in [4.69, 9.17) is 11.6 Å². The van der Waals surface area contributed by atoms with E-state index in [0.29, 0.717) is 49.9 Å². The van der Waals surface area contributed by atoms with Gasteiger partial charge in [0.15, 0.2) is 0 Å². The van der Waals surface area contributed by atoms with Crippen molar-refractivity contribution in [2.45, 2.75) is 6.92 Å². The van der Waals surface area contributed by atoms with Gasteiger partial charge in [-0.05, 0) is 36.8 Å². The van der Waals surface area contributed by atoms with Crippen molar-refractivity contribution in [3.05, 3.63) is 52.7 Å². The summed E-state index contributed by atoms with van der Waals surface area (Å²) in [5, 5.41) is 3.42. The predicted molar refractivity (Wildman–Crippen MR) is 109 cm³/mol. The summed E-state index contributed by atoms with van der Waals surface area (Å²) in [6.07, 6.45) is 1.72. The number of hydrogen-bond donors (Lipinski definition) is 1. The van der Waals surface area contributed by atoms with Crippen LogP contribution in [0.2, 0.25) is 5.02 Å². The molecule has 2 aliphatic rings. The third kappa shape index (κ3) is 3.49. The summed E-state index contributed by atoms with van der Waals surface area (Å²) >= 11 is 6.24. The Morgan fingerprint density at radius 1 is 1.14 bits per heavy atom. The molecule has 0 bridgehead atoms. The zero-order valence-electron chi connectivity index (χ0n) is 15.7. The second kappa shape index (κ2) is 7.67. The number of nitrogens with one attached hydrogen (secondary N) is 1. The largest absolute Gasteiger partial charge is 0.352 e. The summed E-state index contributed by atoms with van der Waals surface area (Å²) in [4.78, 5) is 35.0. The Morgan fingerprint density at radius 3 is 2.61 bits per heavy atom. The molecule has 2 aromatic rings. The summed E-state index contributed by atoms with van der Waals surface area (Å²) in [5.41, 5.74) is 2.37. The highest BCUT2D eigenvalue weighted by Gasteiger charge is 2.26. The van der Waals surface area contributed by atoms with Crippen LogP contribution in [0, 0.1) is 6.92 Å². The highest BCUT2D eigenvalue weighted by molar-refractivity contribution is 6.32. The summed E-state index contributed by atoms with van der Waals surface area (Å²) < 4.78 is 0. The van der Waals surface area contributed by atoms with E-state index < -0.39 is 0 Å². The van der Waals surface area contributed by atoms with E-state index in [0.717, 1.165) is 17.1 Å². The van der Waals surface area contributed by atoms with Crippen molar-refractivity contribution in [1.82, 2.24) is 15.2 Å². The second-order valence-electron chi connectivity index (χ2n) is 6.97. The van der Waals surface area contributed by atoms with E-state index in [-0.39, 0.29) is 11.9 Å². The Hall–Kier alpha value is -2.80. The van der Waals surface area contributed by atoms with Crippen LogP contribution in [0.3, 0.4) is 0 Å². The van der Waals surface area contributed by atoms with Crippen LogP contribution in [0.15, 0.2) is 36.5 Å². The van der Waals surface area contributed by atoms with Crippen molar-refractivity contribution < 1.29 is 9.59 Å². The monoisotopic (exact) mass is 399 g/mol. The maximum absolute atomic E-state index is 13.0. The van der Waals surface area contributed by atoms with Crippen molar-refractivity contribution in [3.63, 3.8) is 0 Å². The van der Waals surface area contributed by atoms with Crippen molar-refractivity contribution in [2.75, 3.05) is 49.1 Å². The van der Waals surface area contributed by atoms with Gasteiger partial charge >= 0.3 is 6.03 Å². The first-order chi connectivity index (χ1) is 13.5. The molecule has 0 atom stereocenters. The van der Waals surface area contributed by atoms with E-state index in [2.05, 4.69) is 15.2 Å². The van der Waals surface area contributed by atoms with Gasteiger partial charge in [-0.1, -0.05) is 17.7 Å². The van der Waals surface area contributed by atoms with Crippen molar-refractivity contribution in [3.8, 4) is 0 Å². The van der Waals surface area contributed by atoms with E-state index in [1.54, 1.807) is 17.2 Å². The van der Waals surface area contributed by atoms with Crippen molar-refractivity contribution >= 4 is 35.0 Å². The lowest BCUT2D eigenvalue weighted by atomic mass is 10.1. The van der Waals surface area contributed by atoms with Gasteiger partial charge in [0, 0.05) is 56.7 Å². The van der Waals surface area contributed by atoms with Crippen LogP contribution >= 0.6 is 11.6 Å². The predicted octanol–water partition coefficient (Wildman–Crippen LogP) is 2.54. The number of carbonyl (C=O) groups is 2. The number of urea groups is 1. The Labute approximate surface area is 168 Å². The van der Waals surface area contributed by atoms with E-state index in [1.807, 2.05) is 36.1 Å². The van der Waals surface area contributed by atoms with Gasteiger partial charge in [-0.2, -0.15) is 0 Å². The van der Waals surface area contributed by atoms with Gasteiger partial charge in [-0.3, -0.25) is 9.69 Å². The molecule has 4 rings (SSSR count). The maximum atomic E-state index is 13.0. The Morgan fingerprint density at radius 2 is 1.93 bits per heavy atom. The molecule has 1 N–H and O–H groups in total. The average Bonchev–Trinajstić information content (AvgIpc) is 3.14. The molecular weight excluding hydrogens is 378 g/mol. The SMILES string of the molecule is Cc1ccc(C(=O)N2CCN(c3ncccc3Cl)CC2)cc1N1CCNC1=O.